The minimum absolute atomic E-state index is 0.531. The fourth-order valence-corrected chi connectivity index (χ4v) is 10.1. The fraction of sp³-hybridized carbons (Fsp3) is 0.0612. The van der Waals surface area contributed by atoms with E-state index in [-0.39, 0.29) is 0 Å². The van der Waals surface area contributed by atoms with E-state index < -0.39 is 0 Å². The Morgan fingerprint density at radius 2 is 1.17 bits per heavy atom. The minimum atomic E-state index is 0.531. The summed E-state index contributed by atoms with van der Waals surface area (Å²) in [5.41, 5.74) is 13.6. The second kappa shape index (κ2) is 11.8. The lowest BCUT2D eigenvalue weighted by atomic mass is 9.87. The van der Waals surface area contributed by atoms with Crippen LogP contribution in [0.5, 0.6) is 0 Å². The maximum atomic E-state index is 5.52. The molecule has 0 unspecified atom stereocenters. The lowest BCUT2D eigenvalue weighted by Crippen LogP contribution is -2.25. The van der Waals surface area contributed by atoms with Crippen LogP contribution in [0.1, 0.15) is 27.1 Å². The van der Waals surface area contributed by atoms with Crippen LogP contribution in [0.4, 0.5) is 0 Å². The number of aryl methyl sites for hydroxylation is 2. The van der Waals surface area contributed by atoms with Crippen molar-refractivity contribution in [1.29, 1.82) is 0 Å². The molecule has 2 aromatic heterocycles. The van der Waals surface area contributed by atoms with Crippen LogP contribution in [-0.2, 0) is 19.4 Å². The summed E-state index contributed by atoms with van der Waals surface area (Å²) in [6.07, 6.45) is 2.10. The van der Waals surface area contributed by atoms with Gasteiger partial charge in [0, 0.05) is 37.7 Å². The van der Waals surface area contributed by atoms with Crippen molar-refractivity contribution in [2.45, 2.75) is 19.4 Å². The molecule has 0 saturated heterocycles. The Morgan fingerprint density at radius 3 is 1.98 bits per heavy atom. The fourth-order valence-electron chi connectivity index (χ4n) is 8.70. The summed E-state index contributed by atoms with van der Waals surface area (Å²) in [5.74, 6) is 0.798. The lowest BCUT2D eigenvalue weighted by molar-refractivity contribution is 0.965. The Morgan fingerprint density at radius 1 is 0.547 bits per heavy atom. The molecule has 0 amide bonds. The summed E-state index contributed by atoms with van der Waals surface area (Å²) in [6.45, 7) is 5.13. The van der Waals surface area contributed by atoms with Gasteiger partial charge in [0.1, 0.15) is 5.71 Å². The quantitative estimate of drug-likeness (QED) is 0.172. The predicted octanol–water partition coefficient (Wildman–Crippen LogP) is 12.5. The average molecular weight is 696 g/mol. The van der Waals surface area contributed by atoms with E-state index >= 15 is 0 Å². The van der Waals surface area contributed by atoms with Gasteiger partial charge in [-0.25, -0.2) is 4.99 Å². The topological polar surface area (TPSA) is 29.6 Å². The Bertz CT molecular complexity index is 3030. The first-order chi connectivity index (χ1) is 26.2. The molecule has 0 radical (unpaired) electrons. The van der Waals surface area contributed by atoms with Gasteiger partial charge >= 0.3 is 0 Å². The number of rotatable bonds is 2. The average Bonchev–Trinajstić information content (AvgIpc) is 3.78. The van der Waals surface area contributed by atoms with Crippen LogP contribution in [0.15, 0.2) is 168 Å². The summed E-state index contributed by atoms with van der Waals surface area (Å²) in [5, 5.41) is 6.36. The van der Waals surface area contributed by atoms with Gasteiger partial charge in [-0.2, -0.15) is 0 Å². The molecular formula is C49H33N3S. The highest BCUT2D eigenvalue weighted by molar-refractivity contribution is 7.21. The number of nitrogens with zero attached hydrogens (tertiary/aromatic N) is 3. The Labute approximate surface area is 311 Å². The van der Waals surface area contributed by atoms with Crippen LogP contribution >= 0.6 is 11.3 Å². The van der Waals surface area contributed by atoms with Crippen LogP contribution in [-0.4, -0.2) is 16.1 Å². The zero-order chi connectivity index (χ0) is 35.0. The van der Waals surface area contributed by atoms with Crippen LogP contribution in [0, 0.1) is 0 Å². The maximum Gasteiger partial charge on any atom is 0.164 e. The molecule has 53 heavy (non-hydrogen) atoms. The molecule has 0 bridgehead atoms. The Hall–Kier alpha value is -6.36. The second-order valence-corrected chi connectivity index (χ2v) is 15.1. The normalized spacial score (nSPS) is 14.1. The first kappa shape index (κ1) is 30.3. The number of para-hydroxylation sites is 1. The van der Waals surface area contributed by atoms with Gasteiger partial charge in [0.2, 0.25) is 0 Å². The van der Waals surface area contributed by atoms with Crippen LogP contribution < -0.4 is 0 Å². The van der Waals surface area contributed by atoms with Gasteiger partial charge in [0.05, 0.1) is 28.0 Å². The highest BCUT2D eigenvalue weighted by Crippen LogP contribution is 2.51. The molecule has 250 valence electrons. The number of fused-ring (bicyclic) bond motifs is 13. The monoisotopic (exact) mass is 695 g/mol. The number of thiophene rings is 1. The summed E-state index contributed by atoms with van der Waals surface area (Å²) < 4.78 is 3.71. The van der Waals surface area contributed by atoms with E-state index in [0.29, 0.717) is 6.54 Å². The van der Waals surface area contributed by atoms with Crippen molar-refractivity contribution in [3.63, 3.8) is 0 Å². The second-order valence-electron chi connectivity index (χ2n) is 14.0. The molecule has 7 aromatic carbocycles. The van der Waals surface area contributed by atoms with Gasteiger partial charge < -0.3 is 0 Å². The molecule has 0 N–H and O–H groups in total. The van der Waals surface area contributed by atoms with Crippen molar-refractivity contribution in [1.82, 2.24) is 4.57 Å². The van der Waals surface area contributed by atoms with Crippen molar-refractivity contribution >= 4 is 71.2 Å². The summed E-state index contributed by atoms with van der Waals surface area (Å²) >= 11 is 1.96. The standard InChI is InChI=1S/C49H33N3S/c1-30-36-17-7-6-16-35(36)29-50-46(34-25-23-32(24-26-34)31-13-3-2-4-14-31)49(51-30)52-41-22-12-11-21-40(41)43-38-19-9-10-20-39(38)45-44-37-18-8-5-15-33(37)27-28-42(44)53-48(45)47(43)52/h2-26H,1,27-29H2. The Kier molecular flexibility index (Phi) is 6.77. The SMILES string of the molecule is C=C1N=C(n2c3ccccc3c3c4ccccc4c4c5c(sc4c32)CCc2ccccc2-5)C(c2ccc(-c3ccccc3)cc2)=NCc2ccccc21. The van der Waals surface area contributed by atoms with E-state index in [0.717, 1.165) is 52.3 Å². The maximum absolute atomic E-state index is 5.52. The van der Waals surface area contributed by atoms with Crippen LogP contribution in [0.3, 0.4) is 0 Å². The number of aliphatic imine (C=N–C) groups is 2. The zero-order valence-electron chi connectivity index (χ0n) is 29.0. The van der Waals surface area contributed by atoms with E-state index in [4.69, 9.17) is 9.98 Å². The summed E-state index contributed by atoms with van der Waals surface area (Å²) in [4.78, 5) is 12.4. The number of aromatic nitrogens is 1. The van der Waals surface area contributed by atoms with Gasteiger partial charge in [-0.3, -0.25) is 9.56 Å². The number of benzene rings is 7. The molecular weight excluding hydrogens is 663 g/mol. The molecule has 2 aliphatic rings. The van der Waals surface area contributed by atoms with E-state index in [2.05, 4.69) is 163 Å². The van der Waals surface area contributed by atoms with Gasteiger partial charge in [-0.05, 0) is 57.5 Å². The van der Waals surface area contributed by atoms with Crippen LogP contribution in [0.25, 0.3) is 70.6 Å². The third-order valence-electron chi connectivity index (χ3n) is 11.1. The molecule has 9 aromatic rings. The van der Waals surface area contributed by atoms with E-state index in [1.807, 2.05) is 11.3 Å². The number of hydrogen-bond acceptors (Lipinski definition) is 3. The summed E-state index contributed by atoms with van der Waals surface area (Å²) in [7, 11) is 0. The molecule has 1 aliphatic carbocycles. The molecule has 3 nitrogen and oxygen atoms in total. The van der Waals surface area contributed by atoms with E-state index in [9.17, 15) is 0 Å². The van der Waals surface area contributed by atoms with Crippen molar-refractivity contribution in [2.24, 2.45) is 9.98 Å². The highest BCUT2D eigenvalue weighted by Gasteiger charge is 2.29. The molecule has 0 spiro atoms. The molecule has 0 fully saturated rings. The highest BCUT2D eigenvalue weighted by atomic mass is 32.1. The Balaban J connectivity index is 1.26. The lowest BCUT2D eigenvalue weighted by Gasteiger charge is -2.20. The molecule has 3 heterocycles. The minimum Gasteiger partial charge on any atom is -0.290 e. The van der Waals surface area contributed by atoms with Crippen molar-refractivity contribution in [2.75, 3.05) is 0 Å². The smallest absolute Gasteiger partial charge is 0.164 e. The third-order valence-corrected chi connectivity index (χ3v) is 12.4. The predicted molar refractivity (Wildman–Crippen MR) is 226 cm³/mol. The zero-order valence-corrected chi connectivity index (χ0v) is 29.8. The van der Waals surface area contributed by atoms with Gasteiger partial charge in [0.25, 0.3) is 0 Å². The number of hydrogen-bond donors (Lipinski definition) is 0. The molecule has 1 aliphatic heterocycles. The van der Waals surface area contributed by atoms with Crippen LogP contribution in [0.2, 0.25) is 0 Å². The van der Waals surface area contributed by atoms with Crippen molar-refractivity contribution < 1.29 is 0 Å². The largest absolute Gasteiger partial charge is 0.290 e. The van der Waals surface area contributed by atoms with Gasteiger partial charge in [-0.1, -0.05) is 152 Å². The molecule has 4 heteroatoms. The first-order valence-electron chi connectivity index (χ1n) is 18.3. The van der Waals surface area contributed by atoms with Gasteiger partial charge in [-0.15, -0.1) is 11.3 Å². The summed E-state index contributed by atoms with van der Waals surface area (Å²) in [6, 6.07) is 54.6. The third kappa shape index (κ3) is 4.59. The first-order valence-corrected chi connectivity index (χ1v) is 19.1. The van der Waals surface area contributed by atoms with E-state index in [1.54, 1.807) is 0 Å². The van der Waals surface area contributed by atoms with E-state index in [1.165, 1.54) is 69.8 Å². The van der Waals surface area contributed by atoms with Crippen molar-refractivity contribution in [3.8, 4) is 22.3 Å². The molecule has 0 atom stereocenters. The molecule has 11 rings (SSSR count). The van der Waals surface area contributed by atoms with Crippen molar-refractivity contribution in [3.05, 3.63) is 185 Å². The van der Waals surface area contributed by atoms with Gasteiger partial charge in [0.15, 0.2) is 5.84 Å². The molecule has 0 saturated carbocycles.